The maximum Gasteiger partial charge on any atom is 0.314 e. The molecule has 1 aromatic rings. The largest absolute Gasteiger partial charge is 0.394 e. The molecule has 7 nitrogen and oxygen atoms in total. The van der Waals surface area contributed by atoms with E-state index in [1.165, 1.54) is 6.07 Å². The summed E-state index contributed by atoms with van der Waals surface area (Å²) in [5.41, 5.74) is 7.52. The van der Waals surface area contributed by atoms with Crippen LogP contribution in [0.15, 0.2) is 12.1 Å². The first kappa shape index (κ1) is 19.0. The van der Waals surface area contributed by atoms with Gasteiger partial charge in [-0.25, -0.2) is 4.67 Å². The number of nitro benzene ring substituents is 1. The van der Waals surface area contributed by atoms with Crippen molar-refractivity contribution in [2.45, 2.75) is 40.7 Å². The second-order valence-corrected chi connectivity index (χ2v) is 8.97. The van der Waals surface area contributed by atoms with E-state index in [4.69, 9.17) is 22.1 Å². The van der Waals surface area contributed by atoms with Crippen LogP contribution >= 0.6 is 6.49 Å². The Kier molecular flexibility index (Phi) is 6.46. The fourth-order valence-electron chi connectivity index (χ4n) is 2.28. The first-order chi connectivity index (χ1) is 10.1. The number of hydrogen-bond acceptors (Lipinski definition) is 4. The quantitative estimate of drug-likeness (QED) is 0.445. The van der Waals surface area contributed by atoms with E-state index in [-0.39, 0.29) is 17.5 Å². The van der Waals surface area contributed by atoms with Gasteiger partial charge in [-0.15, -0.1) is 0 Å². The van der Waals surface area contributed by atoms with Crippen LogP contribution in [0.3, 0.4) is 0 Å². The van der Waals surface area contributed by atoms with Crippen LogP contribution in [0.25, 0.3) is 0 Å². The molecule has 0 aromatic heterocycles. The van der Waals surface area contributed by atoms with E-state index in [1.807, 2.05) is 31.5 Å². The van der Waals surface area contributed by atoms with Crippen molar-refractivity contribution in [2.24, 2.45) is 5.50 Å². The maximum atomic E-state index is 11.2. The van der Waals surface area contributed by atoms with Gasteiger partial charge in [-0.3, -0.25) is 15.6 Å². The van der Waals surface area contributed by atoms with Crippen molar-refractivity contribution in [3.8, 4) is 5.75 Å². The molecular formula is C13H23N4O3PS. The first-order valence-electron chi connectivity index (χ1n) is 6.95. The van der Waals surface area contributed by atoms with Crippen molar-refractivity contribution in [3.05, 3.63) is 33.4 Å². The third-order valence-corrected chi connectivity index (χ3v) is 5.89. The summed E-state index contributed by atoms with van der Waals surface area (Å²) >= 11 is 5.43. The summed E-state index contributed by atoms with van der Waals surface area (Å²) in [5, 5.41) is 13.9. The molecule has 124 valence electrons. The Bertz CT molecular complexity index is 609. The molecule has 3 N–H and O–H groups in total. The second-order valence-electron chi connectivity index (χ2n) is 5.35. The Balaban J connectivity index is 3.06. The number of hydrogen-bond donors (Lipinski definition) is 2. The van der Waals surface area contributed by atoms with Crippen LogP contribution in [-0.2, 0) is 11.8 Å². The van der Waals surface area contributed by atoms with E-state index >= 15 is 0 Å². The molecule has 0 fully saturated rings. The molecule has 0 radical (unpaired) electrons. The van der Waals surface area contributed by atoms with Crippen LogP contribution in [0.5, 0.6) is 5.75 Å². The zero-order chi connectivity index (χ0) is 17.1. The lowest BCUT2D eigenvalue weighted by molar-refractivity contribution is -0.386. The minimum atomic E-state index is -2.63. The summed E-state index contributed by atoms with van der Waals surface area (Å²) in [4.78, 5) is 16.2. The molecule has 0 saturated carbocycles. The Morgan fingerprint density at radius 2 is 2.09 bits per heavy atom. The second kappa shape index (κ2) is 7.48. The number of rotatable bonds is 7. The predicted molar refractivity (Wildman–Crippen MR) is 92.3 cm³/mol. The van der Waals surface area contributed by atoms with Gasteiger partial charge in [0.05, 0.1) is 4.92 Å². The third-order valence-electron chi connectivity index (χ3n) is 3.18. The van der Waals surface area contributed by atoms with Gasteiger partial charge in [0.2, 0.25) is 5.75 Å². The standard InChI is InChI=1S/C13H23N4O3PS/c1-6-16(9(2)3)21(14,22)15-20-13-11(5)7-10(4)8-12(13)17(18)19/h7-9H,6H2,1-5H3,(H3,14,15,22). The fourth-order valence-corrected chi connectivity index (χ4v) is 4.74. The highest BCUT2D eigenvalue weighted by Crippen LogP contribution is 2.40. The molecule has 1 unspecified atom stereocenters. The van der Waals surface area contributed by atoms with E-state index in [1.54, 1.807) is 13.8 Å². The van der Waals surface area contributed by atoms with Crippen molar-refractivity contribution in [1.29, 1.82) is 0 Å². The topological polar surface area (TPSA) is 93.7 Å². The highest BCUT2D eigenvalue weighted by atomic mass is 32.4. The fraction of sp³-hybridized carbons (Fsp3) is 0.538. The van der Waals surface area contributed by atoms with Crippen molar-refractivity contribution in [1.82, 2.24) is 9.92 Å². The van der Waals surface area contributed by atoms with Gasteiger partial charge in [-0.05, 0) is 45.1 Å². The van der Waals surface area contributed by atoms with Crippen molar-refractivity contribution in [3.63, 3.8) is 0 Å². The van der Waals surface area contributed by atoms with E-state index in [0.717, 1.165) is 5.56 Å². The SMILES string of the molecule is CCN(C(C)C)P(N)(=S)NOc1c(C)cc(C)cc1[N+](=O)[O-]. The van der Waals surface area contributed by atoms with E-state index in [0.29, 0.717) is 12.1 Å². The van der Waals surface area contributed by atoms with Gasteiger partial charge < -0.3 is 4.84 Å². The van der Waals surface area contributed by atoms with Crippen molar-refractivity contribution in [2.75, 3.05) is 6.54 Å². The van der Waals surface area contributed by atoms with Gasteiger partial charge in [-0.1, -0.05) is 18.2 Å². The average Bonchev–Trinajstić information content (AvgIpc) is 2.36. The van der Waals surface area contributed by atoms with Crippen LogP contribution in [0.1, 0.15) is 31.9 Å². The number of nitrogens with zero attached hydrogens (tertiary/aromatic N) is 2. The summed E-state index contributed by atoms with van der Waals surface area (Å²) in [7, 11) is 0. The summed E-state index contributed by atoms with van der Waals surface area (Å²) in [6.45, 7) is 7.49. The lowest BCUT2D eigenvalue weighted by Gasteiger charge is -2.33. The van der Waals surface area contributed by atoms with Crippen LogP contribution in [-0.4, -0.2) is 22.2 Å². The minimum Gasteiger partial charge on any atom is -0.394 e. The Labute approximate surface area is 136 Å². The average molecular weight is 346 g/mol. The van der Waals surface area contributed by atoms with Gasteiger partial charge in [0.15, 0.2) is 6.49 Å². The van der Waals surface area contributed by atoms with Crippen molar-refractivity contribution >= 4 is 24.0 Å². The molecule has 9 heteroatoms. The molecule has 0 heterocycles. The lowest BCUT2D eigenvalue weighted by Crippen LogP contribution is -2.38. The smallest absolute Gasteiger partial charge is 0.314 e. The number of nitrogens with one attached hydrogen (secondary N) is 1. The molecule has 0 saturated heterocycles. The lowest BCUT2D eigenvalue weighted by atomic mass is 10.1. The number of nitro groups is 1. The monoisotopic (exact) mass is 346 g/mol. The van der Waals surface area contributed by atoms with Gasteiger partial charge in [-0.2, -0.15) is 0 Å². The zero-order valence-corrected chi connectivity index (χ0v) is 15.2. The Morgan fingerprint density at radius 3 is 2.55 bits per heavy atom. The van der Waals surface area contributed by atoms with E-state index < -0.39 is 11.4 Å². The molecule has 0 aliphatic rings. The summed E-state index contributed by atoms with van der Waals surface area (Å²) in [6, 6.07) is 3.42. The van der Waals surface area contributed by atoms with Crippen LogP contribution in [0.2, 0.25) is 0 Å². The summed E-state index contributed by atoms with van der Waals surface area (Å²) in [6.07, 6.45) is 0. The zero-order valence-electron chi connectivity index (χ0n) is 13.5. The Hall–Kier alpha value is -1.05. The maximum absolute atomic E-state index is 11.2. The van der Waals surface area contributed by atoms with E-state index in [2.05, 4.69) is 5.25 Å². The van der Waals surface area contributed by atoms with Gasteiger partial charge >= 0.3 is 5.69 Å². The summed E-state index contributed by atoms with van der Waals surface area (Å²) < 4.78 is 1.91. The number of nitrogens with two attached hydrogens (primary N) is 1. The van der Waals surface area contributed by atoms with Gasteiger partial charge in [0.1, 0.15) is 0 Å². The minimum absolute atomic E-state index is 0.104. The molecule has 1 rings (SSSR count). The van der Waals surface area contributed by atoms with Crippen LogP contribution < -0.4 is 15.6 Å². The molecule has 1 atom stereocenters. The molecule has 1 aromatic carbocycles. The number of benzene rings is 1. The summed E-state index contributed by atoms with van der Waals surface area (Å²) in [5.74, 6) is 0.148. The molecule has 0 spiro atoms. The highest BCUT2D eigenvalue weighted by Gasteiger charge is 2.26. The van der Waals surface area contributed by atoms with Gasteiger partial charge in [0.25, 0.3) is 0 Å². The predicted octanol–water partition coefficient (Wildman–Crippen LogP) is 3.01. The van der Waals surface area contributed by atoms with Crippen LogP contribution in [0.4, 0.5) is 5.69 Å². The highest BCUT2D eigenvalue weighted by molar-refractivity contribution is 8.11. The first-order valence-corrected chi connectivity index (χ1v) is 9.78. The third kappa shape index (κ3) is 4.47. The molecular weight excluding hydrogens is 323 g/mol. The van der Waals surface area contributed by atoms with Crippen molar-refractivity contribution < 1.29 is 9.76 Å². The number of aryl methyl sites for hydroxylation is 2. The molecule has 0 amide bonds. The molecule has 0 aliphatic carbocycles. The molecule has 0 aliphatic heterocycles. The van der Waals surface area contributed by atoms with Crippen LogP contribution in [0, 0.1) is 24.0 Å². The molecule has 0 bridgehead atoms. The molecule has 22 heavy (non-hydrogen) atoms. The normalized spacial score (nSPS) is 14.2. The van der Waals surface area contributed by atoms with E-state index in [9.17, 15) is 10.1 Å². The Morgan fingerprint density at radius 1 is 1.50 bits per heavy atom. The van der Waals surface area contributed by atoms with Gasteiger partial charge in [0, 0.05) is 24.2 Å².